The Morgan fingerprint density at radius 2 is 2.30 bits per heavy atom. The molecule has 58 valence electrons. The molecule has 0 bridgehead atoms. The molecule has 0 aliphatic carbocycles. The highest BCUT2D eigenvalue weighted by Gasteiger charge is 2.33. The number of aliphatic hydroxyl groups excluding tert-OH is 1. The number of carbonyl (C=O) groups is 1. The van der Waals surface area contributed by atoms with Crippen LogP contribution in [0.2, 0.25) is 0 Å². The van der Waals surface area contributed by atoms with Crippen LogP contribution in [-0.2, 0) is 0 Å². The Kier molecular flexibility index (Phi) is 1.56. The van der Waals surface area contributed by atoms with Gasteiger partial charge in [-0.1, -0.05) is 0 Å². The van der Waals surface area contributed by atoms with Crippen molar-refractivity contribution in [2.24, 2.45) is 0 Å². The smallest absolute Gasteiger partial charge is 0.315 e. The standard InChI is InChI=1S/C6H12N2O2/c1-6(2)4(9)3-7-5(10)8-6/h4,9H,3H2,1-2H3,(H2,7,8,10). The highest BCUT2D eigenvalue weighted by atomic mass is 16.3. The molecule has 1 aliphatic heterocycles. The molecule has 0 spiro atoms. The normalized spacial score (nSPS) is 30.7. The maximum atomic E-state index is 10.7. The Balaban J connectivity index is 2.63. The summed E-state index contributed by atoms with van der Waals surface area (Å²) >= 11 is 0. The van der Waals surface area contributed by atoms with Gasteiger partial charge in [-0.3, -0.25) is 0 Å². The van der Waals surface area contributed by atoms with Gasteiger partial charge in [-0.05, 0) is 13.8 Å². The molecule has 1 aliphatic rings. The van der Waals surface area contributed by atoms with E-state index in [1.807, 2.05) is 0 Å². The Morgan fingerprint density at radius 3 is 2.70 bits per heavy atom. The summed E-state index contributed by atoms with van der Waals surface area (Å²) in [7, 11) is 0. The van der Waals surface area contributed by atoms with E-state index in [1.165, 1.54) is 0 Å². The molecule has 1 fully saturated rings. The molecule has 1 heterocycles. The fourth-order valence-corrected chi connectivity index (χ4v) is 0.865. The number of hydrogen-bond donors (Lipinski definition) is 3. The molecule has 0 radical (unpaired) electrons. The zero-order valence-corrected chi connectivity index (χ0v) is 6.14. The summed E-state index contributed by atoms with van der Waals surface area (Å²) < 4.78 is 0. The highest BCUT2D eigenvalue weighted by molar-refractivity contribution is 5.75. The van der Waals surface area contributed by atoms with E-state index in [4.69, 9.17) is 0 Å². The predicted molar refractivity (Wildman–Crippen MR) is 36.6 cm³/mol. The number of amides is 2. The van der Waals surface area contributed by atoms with Crippen molar-refractivity contribution in [1.29, 1.82) is 0 Å². The molecule has 4 nitrogen and oxygen atoms in total. The van der Waals surface area contributed by atoms with Crippen LogP contribution in [0.15, 0.2) is 0 Å². The fraction of sp³-hybridized carbons (Fsp3) is 0.833. The van der Waals surface area contributed by atoms with Gasteiger partial charge < -0.3 is 15.7 Å². The van der Waals surface area contributed by atoms with Crippen molar-refractivity contribution < 1.29 is 9.90 Å². The SMILES string of the molecule is CC1(C)NC(=O)NCC1O. The predicted octanol–water partition coefficient (Wildman–Crippen LogP) is -0.561. The molecule has 3 N–H and O–H groups in total. The van der Waals surface area contributed by atoms with E-state index in [9.17, 15) is 9.90 Å². The second-order valence-electron chi connectivity index (χ2n) is 3.07. The Bertz CT molecular complexity index is 156. The number of nitrogens with one attached hydrogen (secondary N) is 2. The Labute approximate surface area is 59.6 Å². The number of β-amino-alcohol motifs (C(OH)–C–C–N with tert-alkyl or cyclic N) is 1. The molecule has 1 rings (SSSR count). The van der Waals surface area contributed by atoms with Crippen LogP contribution < -0.4 is 10.6 Å². The molecule has 0 saturated carbocycles. The third kappa shape index (κ3) is 1.21. The minimum Gasteiger partial charge on any atom is -0.389 e. The van der Waals surface area contributed by atoms with Crippen molar-refractivity contribution in [2.75, 3.05) is 6.54 Å². The molecule has 1 unspecified atom stereocenters. The van der Waals surface area contributed by atoms with E-state index in [2.05, 4.69) is 10.6 Å². The quantitative estimate of drug-likeness (QED) is 0.426. The molecule has 10 heavy (non-hydrogen) atoms. The highest BCUT2D eigenvalue weighted by Crippen LogP contribution is 2.10. The van der Waals surface area contributed by atoms with Gasteiger partial charge in [0.05, 0.1) is 11.6 Å². The largest absolute Gasteiger partial charge is 0.389 e. The summed E-state index contributed by atoms with van der Waals surface area (Å²) in [6.45, 7) is 3.91. The van der Waals surface area contributed by atoms with E-state index in [1.54, 1.807) is 13.8 Å². The van der Waals surface area contributed by atoms with Gasteiger partial charge in [0.25, 0.3) is 0 Å². The van der Waals surface area contributed by atoms with Gasteiger partial charge in [-0.25, -0.2) is 4.79 Å². The monoisotopic (exact) mass is 144 g/mol. The first kappa shape index (κ1) is 7.34. The second kappa shape index (κ2) is 2.12. The maximum absolute atomic E-state index is 10.7. The van der Waals surface area contributed by atoms with Crippen molar-refractivity contribution in [3.8, 4) is 0 Å². The first-order valence-corrected chi connectivity index (χ1v) is 3.26. The Hall–Kier alpha value is -0.770. The summed E-state index contributed by atoms with van der Waals surface area (Å²) in [4.78, 5) is 10.7. The van der Waals surface area contributed by atoms with Gasteiger partial charge in [0.15, 0.2) is 0 Å². The summed E-state index contributed by atoms with van der Waals surface area (Å²) in [6.07, 6.45) is -0.509. The van der Waals surface area contributed by atoms with Crippen LogP contribution in [0.5, 0.6) is 0 Å². The van der Waals surface area contributed by atoms with Gasteiger partial charge in [0, 0.05) is 6.54 Å². The lowest BCUT2D eigenvalue weighted by Gasteiger charge is -2.36. The number of aliphatic hydroxyl groups is 1. The van der Waals surface area contributed by atoms with Crippen molar-refractivity contribution in [3.63, 3.8) is 0 Å². The number of hydrogen-bond acceptors (Lipinski definition) is 2. The molecule has 0 aromatic carbocycles. The van der Waals surface area contributed by atoms with Crippen molar-refractivity contribution >= 4 is 6.03 Å². The third-order valence-electron chi connectivity index (χ3n) is 1.72. The minimum absolute atomic E-state index is 0.213. The third-order valence-corrected chi connectivity index (χ3v) is 1.72. The average molecular weight is 144 g/mol. The summed E-state index contributed by atoms with van der Waals surface area (Å²) in [6, 6.07) is -0.213. The lowest BCUT2D eigenvalue weighted by molar-refractivity contribution is 0.0708. The molecule has 2 amide bonds. The van der Waals surface area contributed by atoms with Crippen LogP contribution in [-0.4, -0.2) is 29.3 Å². The average Bonchev–Trinajstić information content (AvgIpc) is 1.78. The van der Waals surface area contributed by atoms with E-state index in [-0.39, 0.29) is 6.03 Å². The lowest BCUT2D eigenvalue weighted by atomic mass is 9.96. The van der Waals surface area contributed by atoms with Crippen LogP contribution in [0.3, 0.4) is 0 Å². The first-order valence-electron chi connectivity index (χ1n) is 3.26. The Morgan fingerprint density at radius 1 is 1.70 bits per heavy atom. The number of rotatable bonds is 0. The molecular formula is C6H12N2O2. The molecule has 4 heteroatoms. The van der Waals surface area contributed by atoms with Crippen molar-refractivity contribution in [2.45, 2.75) is 25.5 Å². The molecule has 0 aromatic heterocycles. The van der Waals surface area contributed by atoms with Gasteiger partial charge in [0.1, 0.15) is 0 Å². The van der Waals surface area contributed by atoms with Crippen LogP contribution in [0.4, 0.5) is 4.79 Å². The van der Waals surface area contributed by atoms with Crippen LogP contribution in [0.25, 0.3) is 0 Å². The molecule has 0 aromatic rings. The number of urea groups is 1. The summed E-state index contributed by atoms with van der Waals surface area (Å²) in [5.74, 6) is 0. The van der Waals surface area contributed by atoms with Crippen LogP contribution in [0, 0.1) is 0 Å². The molecule has 1 atom stereocenters. The van der Waals surface area contributed by atoms with Crippen LogP contribution >= 0.6 is 0 Å². The number of carbonyl (C=O) groups excluding carboxylic acids is 1. The van der Waals surface area contributed by atoms with Gasteiger partial charge in [-0.2, -0.15) is 0 Å². The summed E-state index contributed by atoms with van der Waals surface area (Å²) in [5, 5.41) is 14.4. The molecular weight excluding hydrogens is 132 g/mol. The van der Waals surface area contributed by atoms with Crippen molar-refractivity contribution in [3.05, 3.63) is 0 Å². The first-order chi connectivity index (χ1) is 4.52. The van der Waals surface area contributed by atoms with E-state index >= 15 is 0 Å². The fourth-order valence-electron chi connectivity index (χ4n) is 0.865. The van der Waals surface area contributed by atoms with E-state index in [0.29, 0.717) is 6.54 Å². The topological polar surface area (TPSA) is 61.4 Å². The zero-order valence-electron chi connectivity index (χ0n) is 6.14. The van der Waals surface area contributed by atoms with Gasteiger partial charge >= 0.3 is 6.03 Å². The van der Waals surface area contributed by atoms with Crippen molar-refractivity contribution in [1.82, 2.24) is 10.6 Å². The maximum Gasteiger partial charge on any atom is 0.315 e. The summed E-state index contributed by atoms with van der Waals surface area (Å²) in [5.41, 5.74) is -0.498. The lowest BCUT2D eigenvalue weighted by Crippen LogP contribution is -2.63. The minimum atomic E-state index is -0.509. The zero-order chi connectivity index (χ0) is 7.78. The molecule has 1 saturated heterocycles. The van der Waals surface area contributed by atoms with Crippen LogP contribution in [0.1, 0.15) is 13.8 Å². The van der Waals surface area contributed by atoms with Gasteiger partial charge in [0.2, 0.25) is 0 Å². The van der Waals surface area contributed by atoms with E-state index < -0.39 is 11.6 Å². The van der Waals surface area contributed by atoms with Gasteiger partial charge in [-0.15, -0.1) is 0 Å². The second-order valence-corrected chi connectivity index (χ2v) is 3.07. The van der Waals surface area contributed by atoms with E-state index in [0.717, 1.165) is 0 Å².